The van der Waals surface area contributed by atoms with Gasteiger partial charge < -0.3 is 9.47 Å². The normalized spacial score (nSPS) is 9.17. The maximum atomic E-state index is 10.5. The Morgan fingerprint density at radius 1 is 1.42 bits per heavy atom. The zero-order chi connectivity index (χ0) is 8.97. The summed E-state index contributed by atoms with van der Waals surface area (Å²) in [5.74, 6) is 0.851. The van der Waals surface area contributed by atoms with Gasteiger partial charge in [0.05, 0.1) is 26.0 Å². The van der Waals surface area contributed by atoms with Gasteiger partial charge in [0.2, 0.25) is 5.88 Å². The van der Waals surface area contributed by atoms with E-state index in [0.29, 0.717) is 23.5 Å². The number of aldehydes is 1. The third-order valence-corrected chi connectivity index (χ3v) is 1.41. The van der Waals surface area contributed by atoms with Crippen molar-refractivity contribution in [1.82, 2.24) is 4.98 Å². The van der Waals surface area contributed by atoms with E-state index in [1.165, 1.54) is 20.4 Å². The van der Waals surface area contributed by atoms with Crippen LogP contribution in [0.2, 0.25) is 0 Å². The summed E-state index contributed by atoms with van der Waals surface area (Å²) in [7, 11) is 2.97. The lowest BCUT2D eigenvalue weighted by Gasteiger charge is -2.03. The SMILES string of the molecule is COc1cnc(OC)c(C=O)c1. The molecule has 0 spiro atoms. The van der Waals surface area contributed by atoms with Crippen LogP contribution in [0.5, 0.6) is 11.6 Å². The number of hydrogen-bond acceptors (Lipinski definition) is 4. The van der Waals surface area contributed by atoms with Crippen LogP contribution in [0.4, 0.5) is 0 Å². The van der Waals surface area contributed by atoms with Gasteiger partial charge in [-0.15, -0.1) is 0 Å². The minimum atomic E-state index is 0.311. The van der Waals surface area contributed by atoms with Gasteiger partial charge in [-0.3, -0.25) is 4.79 Å². The highest BCUT2D eigenvalue weighted by Gasteiger charge is 2.04. The van der Waals surface area contributed by atoms with E-state index in [9.17, 15) is 4.79 Å². The Morgan fingerprint density at radius 3 is 2.67 bits per heavy atom. The Balaban J connectivity index is 3.10. The van der Waals surface area contributed by atoms with Crippen LogP contribution in [-0.4, -0.2) is 25.5 Å². The van der Waals surface area contributed by atoms with E-state index in [1.807, 2.05) is 0 Å². The average Bonchev–Trinajstić information content (AvgIpc) is 2.16. The van der Waals surface area contributed by atoms with Crippen molar-refractivity contribution in [2.75, 3.05) is 14.2 Å². The van der Waals surface area contributed by atoms with Gasteiger partial charge in [-0.05, 0) is 6.07 Å². The molecule has 0 atom stereocenters. The molecule has 0 aliphatic carbocycles. The Bertz CT molecular complexity index is 286. The topological polar surface area (TPSA) is 48.4 Å². The number of carbonyl (C=O) groups excluding carboxylic acids is 1. The molecular weight excluding hydrogens is 158 g/mol. The summed E-state index contributed by atoms with van der Waals surface area (Å²) >= 11 is 0. The van der Waals surface area contributed by atoms with Gasteiger partial charge in [0.25, 0.3) is 0 Å². The van der Waals surface area contributed by atoms with Crippen LogP contribution < -0.4 is 9.47 Å². The smallest absolute Gasteiger partial charge is 0.224 e. The maximum absolute atomic E-state index is 10.5. The molecule has 0 bridgehead atoms. The standard InChI is InChI=1S/C8H9NO3/c1-11-7-3-6(5-10)8(12-2)9-4-7/h3-5H,1-2H3. The Labute approximate surface area is 70.1 Å². The van der Waals surface area contributed by atoms with Gasteiger partial charge in [0.15, 0.2) is 6.29 Å². The Kier molecular flexibility index (Phi) is 2.63. The van der Waals surface area contributed by atoms with Gasteiger partial charge in [-0.25, -0.2) is 4.98 Å². The molecule has 0 unspecified atom stereocenters. The van der Waals surface area contributed by atoms with Crippen LogP contribution in [-0.2, 0) is 0 Å². The molecule has 1 rings (SSSR count). The molecule has 0 aliphatic rings. The summed E-state index contributed by atoms with van der Waals surface area (Å²) in [5.41, 5.74) is 0.386. The van der Waals surface area contributed by atoms with E-state index in [1.54, 1.807) is 6.07 Å². The van der Waals surface area contributed by atoms with Crippen LogP contribution in [0, 0.1) is 0 Å². The summed E-state index contributed by atoms with van der Waals surface area (Å²) in [4.78, 5) is 14.3. The first-order chi connectivity index (χ1) is 5.81. The molecule has 0 radical (unpaired) electrons. The fourth-order valence-corrected chi connectivity index (χ4v) is 0.816. The molecule has 4 heteroatoms. The fourth-order valence-electron chi connectivity index (χ4n) is 0.816. The molecule has 1 aromatic rings. The highest BCUT2D eigenvalue weighted by Crippen LogP contribution is 2.18. The predicted octanol–water partition coefficient (Wildman–Crippen LogP) is 0.911. The molecule has 1 heterocycles. The molecule has 0 aromatic carbocycles. The minimum Gasteiger partial charge on any atom is -0.495 e. The minimum absolute atomic E-state index is 0.311. The first kappa shape index (κ1) is 8.52. The zero-order valence-corrected chi connectivity index (χ0v) is 6.90. The fraction of sp³-hybridized carbons (Fsp3) is 0.250. The van der Waals surface area contributed by atoms with Crippen LogP contribution in [0.1, 0.15) is 10.4 Å². The lowest BCUT2D eigenvalue weighted by Crippen LogP contribution is -1.95. The maximum Gasteiger partial charge on any atom is 0.224 e. The zero-order valence-electron chi connectivity index (χ0n) is 6.90. The van der Waals surface area contributed by atoms with Crippen molar-refractivity contribution in [2.24, 2.45) is 0 Å². The molecule has 0 saturated heterocycles. The van der Waals surface area contributed by atoms with Crippen molar-refractivity contribution in [1.29, 1.82) is 0 Å². The summed E-state index contributed by atoms with van der Waals surface area (Å²) in [6.07, 6.45) is 2.17. The quantitative estimate of drug-likeness (QED) is 0.628. The molecule has 0 fully saturated rings. The monoisotopic (exact) mass is 167 g/mol. The Morgan fingerprint density at radius 2 is 2.17 bits per heavy atom. The Hall–Kier alpha value is -1.58. The van der Waals surface area contributed by atoms with Crippen molar-refractivity contribution in [3.8, 4) is 11.6 Å². The number of hydrogen-bond donors (Lipinski definition) is 0. The van der Waals surface area contributed by atoms with Crippen molar-refractivity contribution >= 4 is 6.29 Å². The third kappa shape index (κ3) is 1.53. The summed E-state index contributed by atoms with van der Waals surface area (Å²) < 4.78 is 9.72. The lowest BCUT2D eigenvalue weighted by atomic mass is 10.3. The van der Waals surface area contributed by atoms with E-state index >= 15 is 0 Å². The molecule has 0 amide bonds. The number of pyridine rings is 1. The van der Waals surface area contributed by atoms with Crippen LogP contribution in [0.25, 0.3) is 0 Å². The predicted molar refractivity (Wildman–Crippen MR) is 42.7 cm³/mol. The van der Waals surface area contributed by atoms with Crippen LogP contribution >= 0.6 is 0 Å². The van der Waals surface area contributed by atoms with E-state index in [-0.39, 0.29) is 0 Å². The van der Waals surface area contributed by atoms with Crippen molar-refractivity contribution in [2.45, 2.75) is 0 Å². The molecule has 0 N–H and O–H groups in total. The number of rotatable bonds is 3. The molecule has 0 saturated carbocycles. The molecule has 1 aromatic heterocycles. The molecular formula is C8H9NO3. The van der Waals surface area contributed by atoms with Gasteiger partial charge in [-0.2, -0.15) is 0 Å². The molecule has 4 nitrogen and oxygen atoms in total. The second-order valence-electron chi connectivity index (χ2n) is 2.09. The van der Waals surface area contributed by atoms with Gasteiger partial charge in [0.1, 0.15) is 5.75 Å². The van der Waals surface area contributed by atoms with Crippen molar-refractivity contribution < 1.29 is 14.3 Å². The lowest BCUT2D eigenvalue weighted by molar-refractivity contribution is 0.111. The van der Waals surface area contributed by atoms with Crippen LogP contribution in [0.3, 0.4) is 0 Å². The van der Waals surface area contributed by atoms with Gasteiger partial charge in [-0.1, -0.05) is 0 Å². The number of aromatic nitrogens is 1. The van der Waals surface area contributed by atoms with E-state index in [4.69, 9.17) is 9.47 Å². The van der Waals surface area contributed by atoms with Gasteiger partial charge in [0, 0.05) is 0 Å². The number of nitrogens with zero attached hydrogens (tertiary/aromatic N) is 1. The summed E-state index contributed by atoms with van der Waals surface area (Å²) in [6, 6.07) is 1.57. The number of methoxy groups -OCH3 is 2. The summed E-state index contributed by atoms with van der Waals surface area (Å²) in [5, 5.41) is 0. The van der Waals surface area contributed by atoms with Crippen LogP contribution in [0.15, 0.2) is 12.3 Å². The van der Waals surface area contributed by atoms with E-state index < -0.39 is 0 Å². The second kappa shape index (κ2) is 3.71. The molecule has 64 valence electrons. The second-order valence-corrected chi connectivity index (χ2v) is 2.09. The van der Waals surface area contributed by atoms with Crippen molar-refractivity contribution in [3.05, 3.63) is 17.8 Å². The van der Waals surface area contributed by atoms with E-state index in [2.05, 4.69) is 4.98 Å². The highest BCUT2D eigenvalue weighted by molar-refractivity contribution is 5.78. The van der Waals surface area contributed by atoms with E-state index in [0.717, 1.165) is 0 Å². The largest absolute Gasteiger partial charge is 0.495 e. The van der Waals surface area contributed by atoms with Gasteiger partial charge >= 0.3 is 0 Å². The first-order valence-corrected chi connectivity index (χ1v) is 3.35. The first-order valence-electron chi connectivity index (χ1n) is 3.35. The molecule has 12 heavy (non-hydrogen) atoms. The number of ether oxygens (including phenoxy) is 2. The third-order valence-electron chi connectivity index (χ3n) is 1.41. The average molecular weight is 167 g/mol. The highest BCUT2D eigenvalue weighted by atomic mass is 16.5. The summed E-state index contributed by atoms with van der Waals surface area (Å²) in [6.45, 7) is 0. The molecule has 0 aliphatic heterocycles. The van der Waals surface area contributed by atoms with Crippen molar-refractivity contribution in [3.63, 3.8) is 0 Å². The number of carbonyl (C=O) groups is 1.